The molecule has 1 rings (SSSR count). The van der Waals surface area contributed by atoms with Crippen molar-refractivity contribution in [3.63, 3.8) is 0 Å². The Kier molecular flexibility index (Phi) is 2.77. The fraction of sp³-hybridized carbons (Fsp3) is 0.333. The zero-order valence-electron chi connectivity index (χ0n) is 6.67. The fourth-order valence-corrected chi connectivity index (χ4v) is 0.975. The SMILES string of the molecule is CC(C)Oc1ccccc1Cl. The Morgan fingerprint density at radius 2 is 1.91 bits per heavy atom. The molecular formula is C9H11ClO. The molecule has 0 unspecified atom stereocenters. The summed E-state index contributed by atoms with van der Waals surface area (Å²) in [7, 11) is 0. The Bertz CT molecular complexity index is 233. The van der Waals surface area contributed by atoms with E-state index in [-0.39, 0.29) is 6.10 Å². The summed E-state index contributed by atoms with van der Waals surface area (Å²) in [5, 5.41) is 0.668. The number of hydrogen-bond acceptors (Lipinski definition) is 1. The van der Waals surface area contributed by atoms with E-state index in [1.54, 1.807) is 0 Å². The van der Waals surface area contributed by atoms with Gasteiger partial charge in [-0.15, -0.1) is 0 Å². The molecule has 0 spiro atoms. The van der Waals surface area contributed by atoms with Gasteiger partial charge in [0.05, 0.1) is 11.1 Å². The van der Waals surface area contributed by atoms with E-state index in [4.69, 9.17) is 16.3 Å². The predicted octanol–water partition coefficient (Wildman–Crippen LogP) is 3.13. The zero-order valence-corrected chi connectivity index (χ0v) is 7.43. The Morgan fingerprint density at radius 1 is 1.27 bits per heavy atom. The molecule has 0 amide bonds. The summed E-state index contributed by atoms with van der Waals surface area (Å²) in [5.74, 6) is 0.754. The molecule has 1 aromatic carbocycles. The zero-order chi connectivity index (χ0) is 8.27. The number of halogens is 1. The maximum absolute atomic E-state index is 5.84. The van der Waals surface area contributed by atoms with Gasteiger partial charge in [0.1, 0.15) is 5.75 Å². The molecule has 0 fully saturated rings. The van der Waals surface area contributed by atoms with E-state index in [1.807, 2.05) is 38.1 Å². The number of para-hydroxylation sites is 1. The number of benzene rings is 1. The second-order valence-electron chi connectivity index (χ2n) is 2.60. The Labute approximate surface area is 71.9 Å². The molecule has 0 atom stereocenters. The van der Waals surface area contributed by atoms with Gasteiger partial charge >= 0.3 is 0 Å². The molecule has 0 radical (unpaired) electrons. The van der Waals surface area contributed by atoms with Gasteiger partial charge in [-0.3, -0.25) is 0 Å². The molecule has 60 valence electrons. The standard InChI is InChI=1S/C9H11ClO/c1-7(2)11-9-6-4-3-5-8(9)10/h3-7H,1-2H3. The van der Waals surface area contributed by atoms with Crippen LogP contribution in [0.3, 0.4) is 0 Å². The first-order valence-electron chi connectivity index (χ1n) is 3.61. The normalized spacial score (nSPS) is 10.2. The first-order chi connectivity index (χ1) is 5.20. The average molecular weight is 171 g/mol. The highest BCUT2D eigenvalue weighted by Crippen LogP contribution is 2.23. The average Bonchev–Trinajstić information content (AvgIpc) is 1.93. The number of ether oxygens (including phenoxy) is 1. The molecule has 11 heavy (non-hydrogen) atoms. The second-order valence-corrected chi connectivity index (χ2v) is 3.00. The van der Waals surface area contributed by atoms with E-state index in [0.29, 0.717) is 5.02 Å². The molecule has 0 saturated carbocycles. The number of hydrogen-bond donors (Lipinski definition) is 0. The van der Waals surface area contributed by atoms with Crippen molar-refractivity contribution in [1.29, 1.82) is 0 Å². The van der Waals surface area contributed by atoms with Crippen LogP contribution in [0.5, 0.6) is 5.75 Å². The van der Waals surface area contributed by atoms with Crippen LogP contribution in [0.2, 0.25) is 5.02 Å². The second kappa shape index (κ2) is 3.63. The van der Waals surface area contributed by atoms with Crippen LogP contribution in [-0.2, 0) is 0 Å². The Hall–Kier alpha value is -0.690. The van der Waals surface area contributed by atoms with Crippen molar-refractivity contribution in [1.82, 2.24) is 0 Å². The van der Waals surface area contributed by atoms with Gasteiger partial charge in [0.15, 0.2) is 0 Å². The minimum absolute atomic E-state index is 0.176. The molecule has 0 aliphatic carbocycles. The van der Waals surface area contributed by atoms with E-state index in [2.05, 4.69) is 0 Å². The highest BCUT2D eigenvalue weighted by molar-refractivity contribution is 6.32. The van der Waals surface area contributed by atoms with Gasteiger partial charge in [-0.1, -0.05) is 23.7 Å². The monoisotopic (exact) mass is 170 g/mol. The van der Waals surface area contributed by atoms with E-state index in [1.165, 1.54) is 0 Å². The van der Waals surface area contributed by atoms with Crippen LogP contribution in [0.4, 0.5) is 0 Å². The van der Waals surface area contributed by atoms with Gasteiger partial charge in [-0.05, 0) is 26.0 Å². The summed E-state index contributed by atoms with van der Waals surface area (Å²) in [4.78, 5) is 0. The van der Waals surface area contributed by atoms with Gasteiger partial charge in [0.2, 0.25) is 0 Å². The smallest absolute Gasteiger partial charge is 0.138 e. The van der Waals surface area contributed by atoms with Crippen molar-refractivity contribution >= 4 is 11.6 Å². The van der Waals surface area contributed by atoms with Crippen molar-refractivity contribution in [2.75, 3.05) is 0 Å². The molecule has 0 aliphatic heterocycles. The lowest BCUT2D eigenvalue weighted by molar-refractivity contribution is 0.242. The number of rotatable bonds is 2. The topological polar surface area (TPSA) is 9.23 Å². The lowest BCUT2D eigenvalue weighted by Gasteiger charge is -2.10. The highest BCUT2D eigenvalue weighted by Gasteiger charge is 2.00. The van der Waals surface area contributed by atoms with Crippen LogP contribution >= 0.6 is 11.6 Å². The van der Waals surface area contributed by atoms with Gasteiger partial charge in [0.25, 0.3) is 0 Å². The van der Waals surface area contributed by atoms with Gasteiger partial charge in [-0.25, -0.2) is 0 Å². The summed E-state index contributed by atoms with van der Waals surface area (Å²) < 4.78 is 5.41. The molecule has 0 aromatic heterocycles. The van der Waals surface area contributed by atoms with E-state index < -0.39 is 0 Å². The first-order valence-corrected chi connectivity index (χ1v) is 3.99. The molecule has 0 N–H and O–H groups in total. The minimum Gasteiger partial charge on any atom is -0.489 e. The van der Waals surface area contributed by atoms with Crippen LogP contribution in [0.15, 0.2) is 24.3 Å². The summed E-state index contributed by atoms with van der Waals surface area (Å²) in [6.07, 6.45) is 0.176. The Balaban J connectivity index is 2.78. The van der Waals surface area contributed by atoms with E-state index in [9.17, 15) is 0 Å². The van der Waals surface area contributed by atoms with Crippen molar-refractivity contribution in [2.45, 2.75) is 20.0 Å². The third-order valence-corrected chi connectivity index (χ3v) is 1.51. The molecule has 2 heteroatoms. The summed E-state index contributed by atoms with van der Waals surface area (Å²) in [6, 6.07) is 7.47. The molecule has 0 aliphatic rings. The van der Waals surface area contributed by atoms with E-state index >= 15 is 0 Å². The van der Waals surface area contributed by atoms with Gasteiger partial charge < -0.3 is 4.74 Å². The minimum atomic E-state index is 0.176. The molecule has 0 heterocycles. The van der Waals surface area contributed by atoms with Crippen LogP contribution < -0.4 is 4.74 Å². The van der Waals surface area contributed by atoms with Crippen LogP contribution in [0, 0.1) is 0 Å². The highest BCUT2D eigenvalue weighted by atomic mass is 35.5. The van der Waals surface area contributed by atoms with Crippen molar-refractivity contribution in [3.8, 4) is 5.75 Å². The third-order valence-electron chi connectivity index (χ3n) is 1.20. The third kappa shape index (κ3) is 2.43. The van der Waals surface area contributed by atoms with Gasteiger partial charge in [0, 0.05) is 0 Å². The van der Waals surface area contributed by atoms with E-state index in [0.717, 1.165) is 5.75 Å². The molecule has 1 nitrogen and oxygen atoms in total. The molecule has 1 aromatic rings. The van der Waals surface area contributed by atoms with Gasteiger partial charge in [-0.2, -0.15) is 0 Å². The lowest BCUT2D eigenvalue weighted by atomic mass is 10.3. The quantitative estimate of drug-likeness (QED) is 0.663. The maximum atomic E-state index is 5.84. The first kappa shape index (κ1) is 8.41. The molecular weight excluding hydrogens is 160 g/mol. The van der Waals surface area contributed by atoms with Crippen LogP contribution in [0.1, 0.15) is 13.8 Å². The van der Waals surface area contributed by atoms with Crippen LogP contribution in [0.25, 0.3) is 0 Å². The van der Waals surface area contributed by atoms with Crippen molar-refractivity contribution in [2.24, 2.45) is 0 Å². The fourth-order valence-electron chi connectivity index (χ4n) is 0.794. The molecule has 0 saturated heterocycles. The van der Waals surface area contributed by atoms with Crippen LogP contribution in [-0.4, -0.2) is 6.10 Å². The Morgan fingerprint density at radius 3 is 2.45 bits per heavy atom. The van der Waals surface area contributed by atoms with Crippen molar-refractivity contribution < 1.29 is 4.74 Å². The summed E-state index contributed by atoms with van der Waals surface area (Å²) in [5.41, 5.74) is 0. The van der Waals surface area contributed by atoms with Crippen molar-refractivity contribution in [3.05, 3.63) is 29.3 Å². The lowest BCUT2D eigenvalue weighted by Crippen LogP contribution is -2.05. The largest absolute Gasteiger partial charge is 0.489 e. The predicted molar refractivity (Wildman–Crippen MR) is 47.2 cm³/mol. The molecule has 0 bridgehead atoms. The maximum Gasteiger partial charge on any atom is 0.138 e. The summed E-state index contributed by atoms with van der Waals surface area (Å²) in [6.45, 7) is 3.95. The summed E-state index contributed by atoms with van der Waals surface area (Å²) >= 11 is 5.84.